The van der Waals surface area contributed by atoms with Gasteiger partial charge < -0.3 is 9.88 Å². The Bertz CT molecular complexity index is 805. The topological polar surface area (TPSA) is 67.2 Å². The van der Waals surface area contributed by atoms with Crippen LogP contribution in [0.2, 0.25) is 0 Å². The summed E-state index contributed by atoms with van der Waals surface area (Å²) in [5.41, 5.74) is 0.633. The van der Waals surface area contributed by atoms with Crippen molar-refractivity contribution < 1.29 is 12.8 Å². The van der Waals surface area contributed by atoms with Gasteiger partial charge in [0.05, 0.1) is 6.04 Å². The summed E-state index contributed by atoms with van der Waals surface area (Å²) in [6, 6.07) is 5.61. The van der Waals surface area contributed by atoms with E-state index in [0.29, 0.717) is 31.0 Å². The van der Waals surface area contributed by atoms with Crippen molar-refractivity contribution in [2.24, 2.45) is 7.05 Å². The predicted molar refractivity (Wildman–Crippen MR) is 91.1 cm³/mol. The van der Waals surface area contributed by atoms with Gasteiger partial charge in [-0.1, -0.05) is 12.1 Å². The molecule has 1 fully saturated rings. The number of benzene rings is 1. The first-order chi connectivity index (χ1) is 10.9. The maximum atomic E-state index is 13.5. The Labute approximate surface area is 147 Å². The third kappa shape index (κ3) is 3.46. The molecule has 0 spiro atoms. The molecule has 1 saturated heterocycles. The van der Waals surface area contributed by atoms with E-state index in [2.05, 4.69) is 10.3 Å². The van der Waals surface area contributed by atoms with Gasteiger partial charge in [-0.05, 0) is 24.6 Å². The lowest BCUT2D eigenvalue weighted by molar-refractivity contribution is 0.270. The average molecular weight is 375 g/mol. The summed E-state index contributed by atoms with van der Waals surface area (Å²) in [6.07, 6.45) is 1.51. The van der Waals surface area contributed by atoms with E-state index in [-0.39, 0.29) is 23.3 Å². The number of aromatic nitrogens is 2. The summed E-state index contributed by atoms with van der Waals surface area (Å²) in [5, 5.41) is 3.20. The van der Waals surface area contributed by atoms with E-state index >= 15 is 0 Å². The molecule has 132 valence electrons. The number of halogens is 2. The molecule has 24 heavy (non-hydrogen) atoms. The van der Waals surface area contributed by atoms with Crippen LogP contribution in [0.5, 0.6) is 0 Å². The summed E-state index contributed by atoms with van der Waals surface area (Å²) in [4.78, 5) is 4.14. The smallest absolute Gasteiger partial charge is 0.262 e. The van der Waals surface area contributed by atoms with Crippen molar-refractivity contribution in [3.8, 4) is 0 Å². The molecule has 6 nitrogen and oxygen atoms in total. The van der Waals surface area contributed by atoms with E-state index in [9.17, 15) is 12.8 Å². The Hall–Kier alpha value is -1.48. The number of sulfonamides is 1. The largest absolute Gasteiger partial charge is 0.337 e. The second-order valence-corrected chi connectivity index (χ2v) is 7.47. The predicted octanol–water partition coefficient (Wildman–Crippen LogP) is 1.62. The van der Waals surface area contributed by atoms with Crippen LogP contribution in [-0.4, -0.2) is 41.9 Å². The molecular formula is C15H20ClFN4O2S. The number of rotatable bonds is 3. The lowest BCUT2D eigenvalue weighted by Gasteiger charge is -2.34. The van der Waals surface area contributed by atoms with E-state index in [1.54, 1.807) is 30.7 Å². The molecule has 1 aliphatic rings. The first-order valence-corrected chi connectivity index (χ1v) is 8.81. The van der Waals surface area contributed by atoms with E-state index < -0.39 is 16.1 Å². The first-order valence-electron chi connectivity index (χ1n) is 7.37. The highest BCUT2D eigenvalue weighted by atomic mass is 35.5. The fourth-order valence-electron chi connectivity index (χ4n) is 2.74. The van der Waals surface area contributed by atoms with Gasteiger partial charge in [-0.15, -0.1) is 12.4 Å². The molecule has 0 amide bonds. The van der Waals surface area contributed by atoms with Gasteiger partial charge in [-0.3, -0.25) is 0 Å². The molecule has 1 aromatic carbocycles. The Kier molecular flexibility index (Phi) is 5.64. The van der Waals surface area contributed by atoms with Gasteiger partial charge in [0.15, 0.2) is 5.03 Å². The molecule has 0 bridgehead atoms. The minimum atomic E-state index is -3.73. The quantitative estimate of drug-likeness (QED) is 0.886. The zero-order valence-corrected chi connectivity index (χ0v) is 15.1. The van der Waals surface area contributed by atoms with Crippen LogP contribution in [0, 0.1) is 12.7 Å². The van der Waals surface area contributed by atoms with Gasteiger partial charge >= 0.3 is 0 Å². The van der Waals surface area contributed by atoms with E-state index in [0.717, 1.165) is 0 Å². The summed E-state index contributed by atoms with van der Waals surface area (Å²) >= 11 is 0. The molecular weight excluding hydrogens is 355 g/mol. The van der Waals surface area contributed by atoms with E-state index in [4.69, 9.17) is 0 Å². The number of nitrogens with zero attached hydrogens (tertiary/aromatic N) is 3. The average Bonchev–Trinajstić information content (AvgIpc) is 2.87. The standard InChI is InChI=1S/C15H19FN4O2S.ClH/c1-11-18-15(10-19(11)2)23(21,22)20-7-6-17-9-14(20)12-4-3-5-13(16)8-12;/h3-5,8,10,14,17H,6-7,9H2,1-2H3;1H. The Morgan fingerprint density at radius 1 is 1.38 bits per heavy atom. The van der Waals surface area contributed by atoms with Crippen LogP contribution in [0.25, 0.3) is 0 Å². The maximum absolute atomic E-state index is 13.5. The van der Waals surface area contributed by atoms with Crippen molar-refractivity contribution in [2.45, 2.75) is 18.0 Å². The van der Waals surface area contributed by atoms with Gasteiger partial charge in [-0.2, -0.15) is 4.31 Å². The second-order valence-electron chi connectivity index (χ2n) is 5.63. The molecule has 3 rings (SSSR count). The molecule has 9 heteroatoms. The van der Waals surface area contributed by atoms with Gasteiger partial charge in [0.1, 0.15) is 11.6 Å². The van der Waals surface area contributed by atoms with Crippen LogP contribution < -0.4 is 5.32 Å². The second kappa shape index (κ2) is 7.18. The Balaban J connectivity index is 0.00000208. The molecule has 1 atom stereocenters. The summed E-state index contributed by atoms with van der Waals surface area (Å²) in [7, 11) is -1.98. The van der Waals surface area contributed by atoms with Crippen molar-refractivity contribution in [3.05, 3.63) is 47.7 Å². The van der Waals surface area contributed by atoms with Crippen molar-refractivity contribution in [3.63, 3.8) is 0 Å². The van der Waals surface area contributed by atoms with Crippen molar-refractivity contribution in [1.29, 1.82) is 0 Å². The number of nitrogens with one attached hydrogen (secondary N) is 1. The molecule has 0 saturated carbocycles. The third-order valence-corrected chi connectivity index (χ3v) is 5.87. The van der Waals surface area contributed by atoms with Crippen LogP contribution in [-0.2, 0) is 17.1 Å². The molecule has 1 unspecified atom stereocenters. The number of hydrogen-bond donors (Lipinski definition) is 1. The molecule has 0 aliphatic carbocycles. The lowest BCUT2D eigenvalue weighted by Crippen LogP contribution is -2.48. The highest BCUT2D eigenvalue weighted by Gasteiger charge is 2.36. The molecule has 2 heterocycles. The van der Waals surface area contributed by atoms with Crippen LogP contribution in [0.15, 0.2) is 35.5 Å². The van der Waals surface area contributed by atoms with E-state index in [1.165, 1.54) is 22.6 Å². The van der Waals surface area contributed by atoms with E-state index in [1.807, 2.05) is 0 Å². The molecule has 1 aromatic heterocycles. The lowest BCUT2D eigenvalue weighted by atomic mass is 10.1. The maximum Gasteiger partial charge on any atom is 0.262 e. The summed E-state index contributed by atoms with van der Waals surface area (Å²) < 4.78 is 42.5. The van der Waals surface area contributed by atoms with Gasteiger partial charge in [0, 0.05) is 32.9 Å². The van der Waals surface area contributed by atoms with Crippen LogP contribution in [0.1, 0.15) is 17.4 Å². The van der Waals surface area contributed by atoms with Crippen LogP contribution in [0.3, 0.4) is 0 Å². The van der Waals surface area contributed by atoms with Crippen molar-refractivity contribution >= 4 is 22.4 Å². The molecule has 2 aromatic rings. The highest BCUT2D eigenvalue weighted by molar-refractivity contribution is 7.89. The zero-order valence-electron chi connectivity index (χ0n) is 13.4. The van der Waals surface area contributed by atoms with Crippen LogP contribution >= 0.6 is 12.4 Å². The Morgan fingerprint density at radius 2 is 2.12 bits per heavy atom. The molecule has 1 aliphatic heterocycles. The van der Waals surface area contributed by atoms with Crippen LogP contribution in [0.4, 0.5) is 4.39 Å². The summed E-state index contributed by atoms with van der Waals surface area (Å²) in [6.45, 7) is 3.06. The normalized spacial score (nSPS) is 19.0. The van der Waals surface area contributed by atoms with Gasteiger partial charge in [-0.25, -0.2) is 17.8 Å². The van der Waals surface area contributed by atoms with Crippen molar-refractivity contribution in [2.75, 3.05) is 19.6 Å². The number of hydrogen-bond acceptors (Lipinski definition) is 4. The third-order valence-electron chi connectivity index (χ3n) is 4.09. The minimum absolute atomic E-state index is 0. The number of piperazine rings is 1. The number of imidazole rings is 1. The highest BCUT2D eigenvalue weighted by Crippen LogP contribution is 2.28. The van der Waals surface area contributed by atoms with Gasteiger partial charge in [0.25, 0.3) is 10.0 Å². The fourth-order valence-corrected chi connectivity index (χ4v) is 4.38. The SMILES string of the molecule is Cc1nc(S(=O)(=O)N2CCNCC2c2cccc(F)c2)cn1C.Cl. The molecule has 1 N–H and O–H groups in total. The molecule has 0 radical (unpaired) electrons. The van der Waals surface area contributed by atoms with Crippen molar-refractivity contribution in [1.82, 2.24) is 19.2 Å². The number of aryl methyl sites for hydroxylation is 2. The zero-order chi connectivity index (χ0) is 16.6. The van der Waals surface area contributed by atoms with Gasteiger partial charge in [0.2, 0.25) is 0 Å². The summed E-state index contributed by atoms with van der Waals surface area (Å²) in [5.74, 6) is 0.250. The Morgan fingerprint density at radius 3 is 2.75 bits per heavy atom. The first kappa shape index (κ1) is 18.9. The fraction of sp³-hybridized carbons (Fsp3) is 0.400. The monoisotopic (exact) mass is 374 g/mol. The minimum Gasteiger partial charge on any atom is -0.337 e.